The topological polar surface area (TPSA) is 46.9 Å². The van der Waals surface area contributed by atoms with Crippen molar-refractivity contribution >= 4 is 5.91 Å². The summed E-state index contributed by atoms with van der Waals surface area (Å²) in [5.74, 6) is 0.355. The molecule has 3 rings (SSSR count). The van der Waals surface area contributed by atoms with Gasteiger partial charge in [0.05, 0.1) is 12.2 Å². The molecule has 1 N–H and O–H groups in total. The third kappa shape index (κ3) is 2.26. The molecule has 1 aliphatic rings. The third-order valence-corrected chi connectivity index (χ3v) is 3.85. The van der Waals surface area contributed by atoms with E-state index in [1.54, 1.807) is 6.33 Å². The summed E-state index contributed by atoms with van der Waals surface area (Å²) in [4.78, 5) is 16.2. The van der Waals surface area contributed by atoms with Crippen LogP contribution in [0.4, 0.5) is 0 Å². The van der Waals surface area contributed by atoms with E-state index in [-0.39, 0.29) is 17.7 Å². The maximum Gasteiger partial charge on any atom is 0.224 e. The lowest BCUT2D eigenvalue weighted by Gasteiger charge is -2.17. The van der Waals surface area contributed by atoms with Crippen LogP contribution >= 0.6 is 0 Å². The van der Waals surface area contributed by atoms with Crippen molar-refractivity contribution < 1.29 is 4.79 Å². The molecule has 1 aromatic heterocycles. The minimum atomic E-state index is -0.00204. The van der Waals surface area contributed by atoms with Crippen LogP contribution in [0.25, 0.3) is 0 Å². The first-order valence-electron chi connectivity index (χ1n) is 6.53. The van der Waals surface area contributed by atoms with Crippen LogP contribution in [-0.2, 0) is 18.3 Å². The number of hydrogen-bond acceptors (Lipinski definition) is 2. The summed E-state index contributed by atoms with van der Waals surface area (Å²) in [6, 6.07) is 10.2. The van der Waals surface area contributed by atoms with Gasteiger partial charge in [-0.25, -0.2) is 4.98 Å². The largest absolute Gasteiger partial charge is 0.355 e. The Morgan fingerprint density at radius 1 is 1.37 bits per heavy atom. The zero-order valence-electron chi connectivity index (χ0n) is 10.9. The highest BCUT2D eigenvalue weighted by Gasteiger charge is 2.36. The van der Waals surface area contributed by atoms with Crippen molar-refractivity contribution in [1.82, 2.24) is 14.9 Å². The van der Waals surface area contributed by atoms with Gasteiger partial charge in [0.1, 0.15) is 0 Å². The Morgan fingerprint density at radius 2 is 2.16 bits per heavy atom. The van der Waals surface area contributed by atoms with E-state index in [1.165, 1.54) is 5.56 Å². The average Bonchev–Trinajstić information content (AvgIpc) is 2.99. The van der Waals surface area contributed by atoms with Crippen LogP contribution in [0.1, 0.15) is 17.2 Å². The summed E-state index contributed by atoms with van der Waals surface area (Å²) in [6.07, 6.45) is 4.43. The number of nitrogens with one attached hydrogen (secondary N) is 1. The van der Waals surface area contributed by atoms with Gasteiger partial charge in [0.15, 0.2) is 0 Å². The number of nitrogens with zero attached hydrogens (tertiary/aromatic N) is 2. The molecule has 4 heteroatoms. The summed E-state index contributed by atoms with van der Waals surface area (Å²) < 4.78 is 2.00. The van der Waals surface area contributed by atoms with Crippen LogP contribution in [0.3, 0.4) is 0 Å². The molecule has 0 radical (unpaired) electrons. The zero-order valence-corrected chi connectivity index (χ0v) is 10.9. The molecule has 1 aromatic carbocycles. The van der Waals surface area contributed by atoms with Crippen molar-refractivity contribution in [3.63, 3.8) is 0 Å². The Bertz CT molecular complexity index is 576. The predicted octanol–water partition coefficient (Wildman–Crippen LogP) is 1.49. The molecule has 2 aromatic rings. The van der Waals surface area contributed by atoms with Crippen LogP contribution in [0.15, 0.2) is 42.9 Å². The van der Waals surface area contributed by atoms with E-state index in [0.717, 1.165) is 12.1 Å². The number of imidazole rings is 1. The second-order valence-corrected chi connectivity index (χ2v) is 5.08. The number of carbonyl (C=O) groups is 1. The van der Waals surface area contributed by atoms with Gasteiger partial charge < -0.3 is 9.88 Å². The molecule has 0 spiro atoms. The lowest BCUT2D eigenvalue weighted by atomic mass is 9.87. The van der Waals surface area contributed by atoms with E-state index in [2.05, 4.69) is 22.4 Å². The highest BCUT2D eigenvalue weighted by atomic mass is 16.2. The van der Waals surface area contributed by atoms with Crippen LogP contribution in [0.2, 0.25) is 0 Å². The van der Waals surface area contributed by atoms with Gasteiger partial charge in [-0.1, -0.05) is 30.3 Å². The summed E-state index contributed by atoms with van der Waals surface area (Å²) in [5.41, 5.74) is 2.33. The highest BCUT2D eigenvalue weighted by molar-refractivity contribution is 5.82. The van der Waals surface area contributed by atoms with E-state index in [4.69, 9.17) is 0 Å². The van der Waals surface area contributed by atoms with Gasteiger partial charge in [0, 0.05) is 31.4 Å². The molecule has 98 valence electrons. The standard InChI is InChI=1S/C15H17N3O/c1-18-10-16-9-14(18)13-8-17-15(19)12(13)7-11-5-3-2-4-6-11/h2-6,9-10,12-13H,7-8H2,1H3,(H,17,19)/t12-,13-/m0/s1. The molecular formula is C15H17N3O. The second kappa shape index (κ2) is 4.88. The molecule has 0 aliphatic carbocycles. The Kier molecular flexibility index (Phi) is 3.07. The normalized spacial score (nSPS) is 22.5. The van der Waals surface area contributed by atoms with Crippen LogP contribution in [0, 0.1) is 5.92 Å². The Labute approximate surface area is 112 Å². The summed E-state index contributed by atoms with van der Waals surface area (Å²) >= 11 is 0. The van der Waals surface area contributed by atoms with Crippen LogP contribution in [-0.4, -0.2) is 22.0 Å². The number of benzene rings is 1. The fourth-order valence-electron chi connectivity index (χ4n) is 2.81. The molecular weight excluding hydrogens is 238 g/mol. The number of carbonyl (C=O) groups excluding carboxylic acids is 1. The summed E-state index contributed by atoms with van der Waals surface area (Å²) in [6.45, 7) is 0.704. The summed E-state index contributed by atoms with van der Waals surface area (Å²) in [5, 5.41) is 2.98. The fourth-order valence-corrected chi connectivity index (χ4v) is 2.81. The molecule has 0 bridgehead atoms. The number of aryl methyl sites for hydroxylation is 1. The number of aromatic nitrogens is 2. The van der Waals surface area contributed by atoms with E-state index in [1.807, 2.05) is 36.0 Å². The predicted molar refractivity (Wildman–Crippen MR) is 72.6 cm³/mol. The first-order chi connectivity index (χ1) is 9.25. The third-order valence-electron chi connectivity index (χ3n) is 3.85. The Hall–Kier alpha value is -2.10. The quantitative estimate of drug-likeness (QED) is 0.903. The lowest BCUT2D eigenvalue weighted by Crippen LogP contribution is -2.21. The first-order valence-corrected chi connectivity index (χ1v) is 6.53. The Balaban J connectivity index is 1.85. The van der Waals surface area contributed by atoms with Gasteiger partial charge in [-0.2, -0.15) is 0 Å². The van der Waals surface area contributed by atoms with E-state index in [9.17, 15) is 4.79 Å². The molecule has 0 saturated carbocycles. The summed E-state index contributed by atoms with van der Waals surface area (Å²) in [7, 11) is 1.98. The second-order valence-electron chi connectivity index (χ2n) is 5.08. The number of hydrogen-bond donors (Lipinski definition) is 1. The van der Waals surface area contributed by atoms with Crippen molar-refractivity contribution in [2.75, 3.05) is 6.54 Å². The van der Waals surface area contributed by atoms with E-state index >= 15 is 0 Å². The van der Waals surface area contributed by atoms with Crippen molar-refractivity contribution in [3.05, 3.63) is 54.1 Å². The van der Waals surface area contributed by atoms with Gasteiger partial charge in [0.2, 0.25) is 5.91 Å². The van der Waals surface area contributed by atoms with Crippen molar-refractivity contribution in [1.29, 1.82) is 0 Å². The minimum absolute atomic E-state index is 0.00204. The van der Waals surface area contributed by atoms with Gasteiger partial charge in [-0.15, -0.1) is 0 Å². The first kappa shape index (κ1) is 12.0. The zero-order chi connectivity index (χ0) is 13.2. The maximum atomic E-state index is 12.1. The molecule has 19 heavy (non-hydrogen) atoms. The average molecular weight is 255 g/mol. The molecule has 1 aliphatic heterocycles. The molecule has 1 amide bonds. The molecule has 1 saturated heterocycles. The Morgan fingerprint density at radius 3 is 2.84 bits per heavy atom. The van der Waals surface area contributed by atoms with E-state index in [0.29, 0.717) is 6.54 Å². The number of amides is 1. The molecule has 4 nitrogen and oxygen atoms in total. The van der Waals surface area contributed by atoms with E-state index < -0.39 is 0 Å². The highest BCUT2D eigenvalue weighted by Crippen LogP contribution is 2.31. The molecule has 2 heterocycles. The van der Waals surface area contributed by atoms with Gasteiger partial charge in [-0.3, -0.25) is 4.79 Å². The monoisotopic (exact) mass is 255 g/mol. The van der Waals surface area contributed by atoms with Crippen LogP contribution < -0.4 is 5.32 Å². The van der Waals surface area contributed by atoms with Crippen molar-refractivity contribution in [2.45, 2.75) is 12.3 Å². The lowest BCUT2D eigenvalue weighted by molar-refractivity contribution is -0.122. The number of rotatable bonds is 3. The van der Waals surface area contributed by atoms with Crippen molar-refractivity contribution in [3.8, 4) is 0 Å². The molecule has 1 fully saturated rings. The van der Waals surface area contributed by atoms with Gasteiger partial charge in [-0.05, 0) is 12.0 Å². The fraction of sp³-hybridized carbons (Fsp3) is 0.333. The maximum absolute atomic E-state index is 12.1. The van der Waals surface area contributed by atoms with Crippen LogP contribution in [0.5, 0.6) is 0 Å². The SMILES string of the molecule is Cn1cncc1[C@H]1CNC(=O)[C@H]1Cc1ccccc1. The minimum Gasteiger partial charge on any atom is -0.355 e. The van der Waals surface area contributed by atoms with Gasteiger partial charge >= 0.3 is 0 Å². The van der Waals surface area contributed by atoms with Gasteiger partial charge in [0.25, 0.3) is 0 Å². The molecule has 2 atom stereocenters. The molecule has 0 unspecified atom stereocenters. The van der Waals surface area contributed by atoms with Crippen molar-refractivity contribution in [2.24, 2.45) is 13.0 Å². The smallest absolute Gasteiger partial charge is 0.224 e.